The first-order valence-corrected chi connectivity index (χ1v) is 6.34. The van der Waals surface area contributed by atoms with E-state index >= 15 is 0 Å². The van der Waals surface area contributed by atoms with Gasteiger partial charge in [-0.25, -0.2) is 0 Å². The summed E-state index contributed by atoms with van der Waals surface area (Å²) in [6, 6.07) is 5.00. The Morgan fingerprint density at radius 2 is 2.21 bits per heavy atom. The van der Waals surface area contributed by atoms with E-state index in [2.05, 4.69) is 5.32 Å². The van der Waals surface area contributed by atoms with Crippen molar-refractivity contribution in [1.82, 2.24) is 5.32 Å². The van der Waals surface area contributed by atoms with E-state index in [0.717, 1.165) is 6.42 Å². The van der Waals surface area contributed by atoms with E-state index in [0.29, 0.717) is 23.4 Å². The summed E-state index contributed by atoms with van der Waals surface area (Å²) in [7, 11) is 1.47. The number of carbonyl (C=O) groups excluding carboxylic acids is 1. The highest BCUT2D eigenvalue weighted by molar-refractivity contribution is 5.98. The number of benzene rings is 1. The number of aliphatic hydroxyl groups is 1. The van der Waals surface area contributed by atoms with Gasteiger partial charge in [0.25, 0.3) is 5.91 Å². The highest BCUT2D eigenvalue weighted by Crippen LogP contribution is 2.25. The van der Waals surface area contributed by atoms with Crippen LogP contribution in [0.2, 0.25) is 0 Å². The van der Waals surface area contributed by atoms with Gasteiger partial charge in [0.2, 0.25) is 0 Å². The molecular weight excluding hydrogens is 244 g/mol. The molecule has 5 heteroatoms. The number of nitrogens with one attached hydrogen (secondary N) is 1. The molecule has 1 aromatic carbocycles. The van der Waals surface area contributed by atoms with Gasteiger partial charge < -0.3 is 20.9 Å². The summed E-state index contributed by atoms with van der Waals surface area (Å²) in [6.07, 6.45) is 1.48. The normalized spacial score (nSPS) is 13.7. The fourth-order valence-corrected chi connectivity index (χ4v) is 1.95. The number of anilines is 1. The highest BCUT2D eigenvalue weighted by Gasteiger charge is 2.21. The van der Waals surface area contributed by atoms with E-state index in [-0.39, 0.29) is 12.5 Å². The number of nitrogens with two attached hydrogens (primary N) is 1. The van der Waals surface area contributed by atoms with Crippen molar-refractivity contribution in [2.24, 2.45) is 0 Å². The number of rotatable bonds is 6. The van der Waals surface area contributed by atoms with Crippen LogP contribution in [0.15, 0.2) is 18.2 Å². The van der Waals surface area contributed by atoms with Crippen molar-refractivity contribution in [1.29, 1.82) is 0 Å². The number of carbonyl (C=O) groups is 1. The Hall–Kier alpha value is -1.75. The average molecular weight is 266 g/mol. The van der Waals surface area contributed by atoms with Crippen LogP contribution in [0, 0.1) is 0 Å². The molecule has 1 unspecified atom stereocenters. The van der Waals surface area contributed by atoms with E-state index < -0.39 is 5.60 Å². The summed E-state index contributed by atoms with van der Waals surface area (Å²) in [6.45, 7) is 3.88. The maximum atomic E-state index is 12.1. The third-order valence-electron chi connectivity index (χ3n) is 2.91. The van der Waals surface area contributed by atoms with Crippen LogP contribution in [0.4, 0.5) is 5.69 Å². The van der Waals surface area contributed by atoms with Gasteiger partial charge in [0, 0.05) is 6.54 Å². The van der Waals surface area contributed by atoms with Gasteiger partial charge in [-0.05, 0) is 25.5 Å². The summed E-state index contributed by atoms with van der Waals surface area (Å²) in [5.74, 6) is 0.0515. The summed E-state index contributed by atoms with van der Waals surface area (Å²) in [4.78, 5) is 12.1. The monoisotopic (exact) mass is 266 g/mol. The van der Waals surface area contributed by atoms with Crippen molar-refractivity contribution in [2.45, 2.75) is 32.3 Å². The molecule has 0 aromatic heterocycles. The van der Waals surface area contributed by atoms with Gasteiger partial charge in [-0.2, -0.15) is 0 Å². The summed E-state index contributed by atoms with van der Waals surface area (Å²) < 4.78 is 5.13. The minimum absolute atomic E-state index is 0.192. The summed E-state index contributed by atoms with van der Waals surface area (Å²) in [5.41, 5.74) is 5.62. The second kappa shape index (κ2) is 6.43. The first kappa shape index (κ1) is 15.3. The maximum absolute atomic E-state index is 12.1. The Kier molecular flexibility index (Phi) is 5.18. The first-order chi connectivity index (χ1) is 8.91. The number of hydrogen-bond donors (Lipinski definition) is 3. The molecule has 0 aliphatic heterocycles. The van der Waals surface area contributed by atoms with E-state index in [1.54, 1.807) is 25.1 Å². The molecule has 0 aliphatic rings. The SMILES string of the molecule is CCCC(C)(O)CNC(=O)c1cccc(N)c1OC. The van der Waals surface area contributed by atoms with Gasteiger partial charge in [0.15, 0.2) is 5.75 Å². The fourth-order valence-electron chi connectivity index (χ4n) is 1.95. The molecule has 1 amide bonds. The molecule has 5 nitrogen and oxygen atoms in total. The minimum Gasteiger partial charge on any atom is -0.494 e. The Morgan fingerprint density at radius 1 is 1.53 bits per heavy atom. The van der Waals surface area contributed by atoms with Crippen LogP contribution in [0.25, 0.3) is 0 Å². The molecule has 0 spiro atoms. The average Bonchev–Trinajstić information content (AvgIpc) is 2.35. The lowest BCUT2D eigenvalue weighted by molar-refractivity contribution is 0.0469. The summed E-state index contributed by atoms with van der Waals surface area (Å²) in [5, 5.41) is 12.7. The largest absolute Gasteiger partial charge is 0.494 e. The van der Waals surface area contributed by atoms with E-state index in [4.69, 9.17) is 10.5 Å². The van der Waals surface area contributed by atoms with Crippen molar-refractivity contribution in [2.75, 3.05) is 19.4 Å². The lowest BCUT2D eigenvalue weighted by atomic mass is 10.0. The van der Waals surface area contributed by atoms with Crippen LogP contribution in [0.3, 0.4) is 0 Å². The number of nitrogen functional groups attached to an aromatic ring is 1. The molecule has 4 N–H and O–H groups in total. The highest BCUT2D eigenvalue weighted by atomic mass is 16.5. The molecule has 0 saturated heterocycles. The molecule has 19 heavy (non-hydrogen) atoms. The van der Waals surface area contributed by atoms with Crippen LogP contribution >= 0.6 is 0 Å². The maximum Gasteiger partial charge on any atom is 0.255 e. The fraction of sp³-hybridized carbons (Fsp3) is 0.500. The van der Waals surface area contributed by atoms with Crippen molar-refractivity contribution >= 4 is 11.6 Å². The zero-order valence-corrected chi connectivity index (χ0v) is 11.7. The molecule has 0 aliphatic carbocycles. The molecule has 1 rings (SSSR count). The predicted octanol–water partition coefficient (Wildman–Crippen LogP) is 1.56. The zero-order chi connectivity index (χ0) is 14.5. The number of ether oxygens (including phenoxy) is 1. The molecule has 0 fully saturated rings. The van der Waals surface area contributed by atoms with Gasteiger partial charge in [0.05, 0.1) is 24.0 Å². The van der Waals surface area contributed by atoms with Gasteiger partial charge in [-0.1, -0.05) is 19.4 Å². The number of hydrogen-bond acceptors (Lipinski definition) is 4. The topological polar surface area (TPSA) is 84.6 Å². The molecule has 0 bridgehead atoms. The molecule has 0 heterocycles. The molecule has 0 saturated carbocycles. The van der Waals surface area contributed by atoms with Crippen LogP contribution in [-0.4, -0.2) is 30.3 Å². The van der Waals surface area contributed by atoms with E-state index in [1.807, 2.05) is 6.92 Å². The Balaban J connectivity index is 2.77. The Bertz CT molecular complexity index is 444. The molecule has 1 atom stereocenters. The quantitative estimate of drug-likeness (QED) is 0.682. The van der Waals surface area contributed by atoms with Crippen molar-refractivity contribution in [3.8, 4) is 5.75 Å². The lowest BCUT2D eigenvalue weighted by Crippen LogP contribution is -2.40. The molecule has 0 radical (unpaired) electrons. The molecule has 106 valence electrons. The second-order valence-electron chi connectivity index (χ2n) is 4.86. The van der Waals surface area contributed by atoms with Crippen LogP contribution in [-0.2, 0) is 0 Å². The molecular formula is C14H22N2O3. The van der Waals surface area contributed by atoms with Crippen molar-refractivity contribution in [3.63, 3.8) is 0 Å². The van der Waals surface area contributed by atoms with Gasteiger partial charge in [-0.3, -0.25) is 4.79 Å². The lowest BCUT2D eigenvalue weighted by Gasteiger charge is -2.23. The predicted molar refractivity (Wildman–Crippen MR) is 75.3 cm³/mol. The Morgan fingerprint density at radius 3 is 2.79 bits per heavy atom. The third kappa shape index (κ3) is 4.13. The number of para-hydroxylation sites is 1. The molecule has 1 aromatic rings. The third-order valence-corrected chi connectivity index (χ3v) is 2.91. The van der Waals surface area contributed by atoms with E-state index in [9.17, 15) is 9.90 Å². The smallest absolute Gasteiger partial charge is 0.255 e. The zero-order valence-electron chi connectivity index (χ0n) is 11.7. The van der Waals surface area contributed by atoms with Crippen molar-refractivity contribution < 1.29 is 14.6 Å². The minimum atomic E-state index is -0.905. The standard InChI is InChI=1S/C14H22N2O3/c1-4-8-14(2,18)9-16-13(17)10-6-5-7-11(15)12(10)19-3/h5-7,18H,4,8-9,15H2,1-3H3,(H,16,17). The number of amides is 1. The summed E-state index contributed by atoms with van der Waals surface area (Å²) >= 11 is 0. The van der Waals surface area contributed by atoms with Crippen LogP contribution < -0.4 is 15.8 Å². The van der Waals surface area contributed by atoms with Gasteiger partial charge in [0.1, 0.15) is 0 Å². The second-order valence-corrected chi connectivity index (χ2v) is 4.86. The van der Waals surface area contributed by atoms with Crippen LogP contribution in [0.5, 0.6) is 5.75 Å². The van der Waals surface area contributed by atoms with E-state index in [1.165, 1.54) is 7.11 Å². The van der Waals surface area contributed by atoms with Crippen LogP contribution in [0.1, 0.15) is 37.0 Å². The van der Waals surface area contributed by atoms with Gasteiger partial charge >= 0.3 is 0 Å². The Labute approximate surface area is 113 Å². The van der Waals surface area contributed by atoms with Crippen molar-refractivity contribution in [3.05, 3.63) is 23.8 Å². The number of methoxy groups -OCH3 is 1. The first-order valence-electron chi connectivity index (χ1n) is 6.34. The van der Waals surface area contributed by atoms with Gasteiger partial charge in [-0.15, -0.1) is 0 Å².